The normalized spacial score (nSPS) is 12.9. The van der Waals surface area contributed by atoms with Crippen LogP contribution in [0.15, 0.2) is 18.2 Å². The zero-order valence-electron chi connectivity index (χ0n) is 8.18. The molecule has 0 fully saturated rings. The van der Waals surface area contributed by atoms with Crippen molar-refractivity contribution in [3.63, 3.8) is 0 Å². The van der Waals surface area contributed by atoms with E-state index in [0.717, 1.165) is 17.5 Å². The van der Waals surface area contributed by atoms with Crippen LogP contribution in [0.4, 0.5) is 4.39 Å². The molecular formula is C11H16FN. The fourth-order valence-corrected chi connectivity index (χ4v) is 1.52. The van der Waals surface area contributed by atoms with Gasteiger partial charge in [-0.1, -0.05) is 26.0 Å². The third-order valence-electron chi connectivity index (χ3n) is 2.35. The van der Waals surface area contributed by atoms with E-state index in [1.165, 1.54) is 6.07 Å². The van der Waals surface area contributed by atoms with Crippen molar-refractivity contribution in [2.45, 2.75) is 32.7 Å². The van der Waals surface area contributed by atoms with Gasteiger partial charge in [-0.3, -0.25) is 0 Å². The average Bonchev–Trinajstić information content (AvgIpc) is 2.16. The van der Waals surface area contributed by atoms with E-state index in [0.29, 0.717) is 6.42 Å². The first-order valence-electron chi connectivity index (χ1n) is 4.73. The van der Waals surface area contributed by atoms with E-state index < -0.39 is 0 Å². The maximum Gasteiger partial charge on any atom is 0.126 e. The Bertz CT molecular complexity index is 283. The number of halogens is 1. The molecule has 2 heteroatoms. The predicted octanol–water partition coefficient (Wildman–Crippen LogP) is 2.80. The second kappa shape index (κ2) is 4.38. The predicted molar refractivity (Wildman–Crippen MR) is 53.0 cm³/mol. The quantitative estimate of drug-likeness (QED) is 0.762. The molecule has 1 aromatic carbocycles. The van der Waals surface area contributed by atoms with Gasteiger partial charge in [-0.05, 0) is 30.0 Å². The number of nitrogens with two attached hydrogens (primary N) is 1. The van der Waals surface area contributed by atoms with Gasteiger partial charge in [0.1, 0.15) is 5.82 Å². The lowest BCUT2D eigenvalue weighted by molar-refractivity contribution is 0.597. The fourth-order valence-electron chi connectivity index (χ4n) is 1.52. The highest BCUT2D eigenvalue weighted by Crippen LogP contribution is 2.21. The molecule has 0 aliphatic rings. The van der Waals surface area contributed by atoms with Gasteiger partial charge < -0.3 is 5.73 Å². The molecule has 0 saturated heterocycles. The molecule has 1 aromatic rings. The minimum absolute atomic E-state index is 0.0364. The van der Waals surface area contributed by atoms with Gasteiger partial charge >= 0.3 is 0 Å². The van der Waals surface area contributed by atoms with Crippen LogP contribution < -0.4 is 5.73 Å². The maximum absolute atomic E-state index is 13.3. The van der Waals surface area contributed by atoms with Crippen molar-refractivity contribution in [2.24, 2.45) is 5.73 Å². The second-order valence-corrected chi connectivity index (χ2v) is 3.18. The molecule has 0 aliphatic carbocycles. The Morgan fingerprint density at radius 2 is 2.08 bits per heavy atom. The van der Waals surface area contributed by atoms with E-state index in [1.54, 1.807) is 6.07 Å². The van der Waals surface area contributed by atoms with Gasteiger partial charge in [0.25, 0.3) is 0 Å². The summed E-state index contributed by atoms with van der Waals surface area (Å²) in [7, 11) is 0. The standard InChI is InChI=1S/C11H16FN/c1-3-8-9(11(13)4-2)6-5-7-10(8)12/h5-7,11H,3-4,13H2,1-2H3/t11-/m0/s1. The molecule has 0 saturated carbocycles. The molecule has 13 heavy (non-hydrogen) atoms. The van der Waals surface area contributed by atoms with Crippen molar-refractivity contribution in [2.75, 3.05) is 0 Å². The monoisotopic (exact) mass is 181 g/mol. The van der Waals surface area contributed by atoms with Crippen molar-refractivity contribution < 1.29 is 4.39 Å². The van der Waals surface area contributed by atoms with E-state index in [4.69, 9.17) is 5.73 Å². The van der Waals surface area contributed by atoms with E-state index >= 15 is 0 Å². The van der Waals surface area contributed by atoms with E-state index in [9.17, 15) is 4.39 Å². The Labute approximate surface area is 78.8 Å². The lowest BCUT2D eigenvalue weighted by Crippen LogP contribution is -2.12. The third-order valence-corrected chi connectivity index (χ3v) is 2.35. The van der Waals surface area contributed by atoms with Gasteiger partial charge in [-0.2, -0.15) is 0 Å². The Morgan fingerprint density at radius 1 is 1.38 bits per heavy atom. The van der Waals surface area contributed by atoms with E-state index in [2.05, 4.69) is 0 Å². The van der Waals surface area contributed by atoms with Crippen LogP contribution in [-0.2, 0) is 6.42 Å². The molecule has 1 rings (SSSR count). The topological polar surface area (TPSA) is 26.0 Å². The summed E-state index contributed by atoms with van der Waals surface area (Å²) in [4.78, 5) is 0. The van der Waals surface area contributed by atoms with Crippen LogP contribution in [0, 0.1) is 5.82 Å². The van der Waals surface area contributed by atoms with E-state index in [1.807, 2.05) is 19.9 Å². The number of rotatable bonds is 3. The highest BCUT2D eigenvalue weighted by molar-refractivity contribution is 5.31. The SMILES string of the molecule is CCc1c(F)cccc1[C@@H](N)CC. The van der Waals surface area contributed by atoms with Gasteiger partial charge in [-0.15, -0.1) is 0 Å². The molecule has 0 aliphatic heterocycles. The van der Waals surface area contributed by atoms with Gasteiger partial charge in [-0.25, -0.2) is 4.39 Å². The van der Waals surface area contributed by atoms with Gasteiger partial charge in [0.15, 0.2) is 0 Å². The highest BCUT2D eigenvalue weighted by Gasteiger charge is 2.10. The smallest absolute Gasteiger partial charge is 0.126 e. The first-order chi connectivity index (χ1) is 6.20. The summed E-state index contributed by atoms with van der Waals surface area (Å²) in [6, 6.07) is 5.09. The lowest BCUT2D eigenvalue weighted by atomic mass is 9.97. The molecule has 0 radical (unpaired) electrons. The van der Waals surface area contributed by atoms with Crippen LogP contribution >= 0.6 is 0 Å². The fraction of sp³-hybridized carbons (Fsp3) is 0.455. The Morgan fingerprint density at radius 3 is 2.62 bits per heavy atom. The molecule has 1 atom stereocenters. The maximum atomic E-state index is 13.3. The summed E-state index contributed by atoms with van der Waals surface area (Å²) < 4.78 is 13.3. The van der Waals surface area contributed by atoms with Crippen LogP contribution in [0.1, 0.15) is 37.4 Å². The zero-order valence-corrected chi connectivity index (χ0v) is 8.18. The van der Waals surface area contributed by atoms with Crippen LogP contribution in [0.3, 0.4) is 0 Å². The number of hydrogen-bond acceptors (Lipinski definition) is 1. The largest absolute Gasteiger partial charge is 0.324 e. The van der Waals surface area contributed by atoms with Crippen molar-refractivity contribution in [3.05, 3.63) is 35.1 Å². The van der Waals surface area contributed by atoms with Crippen LogP contribution in [0.5, 0.6) is 0 Å². The third kappa shape index (κ3) is 2.07. The summed E-state index contributed by atoms with van der Waals surface area (Å²) in [6.45, 7) is 3.96. The molecular weight excluding hydrogens is 165 g/mol. The van der Waals surface area contributed by atoms with E-state index in [-0.39, 0.29) is 11.9 Å². The van der Waals surface area contributed by atoms with Gasteiger partial charge in [0.05, 0.1) is 0 Å². The Kier molecular flexibility index (Phi) is 3.43. The van der Waals surface area contributed by atoms with Crippen molar-refractivity contribution in [1.29, 1.82) is 0 Å². The highest BCUT2D eigenvalue weighted by atomic mass is 19.1. The molecule has 2 N–H and O–H groups in total. The molecule has 1 nitrogen and oxygen atoms in total. The minimum atomic E-state index is -0.135. The van der Waals surface area contributed by atoms with Crippen LogP contribution in [0.2, 0.25) is 0 Å². The molecule has 0 bridgehead atoms. The Balaban J connectivity index is 3.12. The second-order valence-electron chi connectivity index (χ2n) is 3.18. The first-order valence-corrected chi connectivity index (χ1v) is 4.73. The summed E-state index contributed by atoms with van der Waals surface area (Å²) in [5, 5.41) is 0. The summed E-state index contributed by atoms with van der Waals surface area (Å²) in [6.07, 6.45) is 1.55. The molecule has 72 valence electrons. The Hall–Kier alpha value is -0.890. The summed E-state index contributed by atoms with van der Waals surface area (Å²) >= 11 is 0. The molecule has 0 unspecified atom stereocenters. The molecule has 0 amide bonds. The zero-order chi connectivity index (χ0) is 9.84. The first kappa shape index (κ1) is 10.2. The lowest BCUT2D eigenvalue weighted by Gasteiger charge is -2.14. The summed E-state index contributed by atoms with van der Waals surface area (Å²) in [5.41, 5.74) is 7.58. The van der Waals surface area contributed by atoms with Crippen molar-refractivity contribution >= 4 is 0 Å². The minimum Gasteiger partial charge on any atom is -0.324 e. The molecule has 0 heterocycles. The van der Waals surface area contributed by atoms with Crippen LogP contribution in [0.25, 0.3) is 0 Å². The van der Waals surface area contributed by atoms with Gasteiger partial charge in [0, 0.05) is 6.04 Å². The van der Waals surface area contributed by atoms with Crippen molar-refractivity contribution in [1.82, 2.24) is 0 Å². The average molecular weight is 181 g/mol. The van der Waals surface area contributed by atoms with Crippen LogP contribution in [-0.4, -0.2) is 0 Å². The summed E-state index contributed by atoms with van der Waals surface area (Å²) in [5.74, 6) is -0.135. The molecule has 0 aromatic heterocycles. The number of benzene rings is 1. The number of hydrogen-bond donors (Lipinski definition) is 1. The molecule has 0 spiro atoms. The van der Waals surface area contributed by atoms with Crippen molar-refractivity contribution in [3.8, 4) is 0 Å². The van der Waals surface area contributed by atoms with Gasteiger partial charge in [0.2, 0.25) is 0 Å².